The van der Waals surface area contributed by atoms with E-state index in [0.717, 1.165) is 29.7 Å². The van der Waals surface area contributed by atoms with Gasteiger partial charge in [-0.2, -0.15) is 18.3 Å². The molecule has 2 heterocycles. The average molecular weight is 522 g/mol. The Bertz CT molecular complexity index is 1590. The highest BCUT2D eigenvalue weighted by Crippen LogP contribution is 2.36. The molecule has 0 aliphatic rings. The van der Waals surface area contributed by atoms with E-state index in [1.165, 1.54) is 4.68 Å². The van der Waals surface area contributed by atoms with Gasteiger partial charge in [0.1, 0.15) is 11.2 Å². The van der Waals surface area contributed by atoms with Crippen molar-refractivity contribution in [2.24, 2.45) is 11.5 Å². The molecule has 0 fully saturated rings. The predicted molar refractivity (Wildman–Crippen MR) is 141 cm³/mol. The summed E-state index contributed by atoms with van der Waals surface area (Å²) in [6.45, 7) is 0.535. The standard InChI is InChI=1S/C28H26F3N5O2/c29-28(30,31)26-16-23(17-8-13-21-20-5-1-2-7-24(20)38-25(21)15-17)36(35-26)19-11-9-18(10-12-19)34-27(37)22(33)6-3-4-14-32/h1-2,5,7-13,15-16,22H,3-4,6,14,32-33H2,(H,34,37)/t22-/m0/s1. The predicted octanol–water partition coefficient (Wildman–Crippen LogP) is 5.85. The first-order valence-corrected chi connectivity index (χ1v) is 12.2. The number of furan rings is 1. The maximum Gasteiger partial charge on any atom is 0.435 e. The second-order valence-corrected chi connectivity index (χ2v) is 9.06. The Kier molecular flexibility index (Phi) is 6.92. The van der Waals surface area contributed by atoms with Crippen LogP contribution in [0.1, 0.15) is 25.0 Å². The van der Waals surface area contributed by atoms with Crippen molar-refractivity contribution < 1.29 is 22.4 Å². The zero-order chi connectivity index (χ0) is 26.9. The summed E-state index contributed by atoms with van der Waals surface area (Å²) in [5, 5.41) is 8.39. The minimum absolute atomic E-state index is 0.249. The van der Waals surface area contributed by atoms with Gasteiger partial charge in [-0.1, -0.05) is 30.7 Å². The largest absolute Gasteiger partial charge is 0.456 e. The maximum absolute atomic E-state index is 13.6. The van der Waals surface area contributed by atoms with Gasteiger partial charge in [0.15, 0.2) is 5.69 Å². The van der Waals surface area contributed by atoms with Gasteiger partial charge in [-0.25, -0.2) is 4.68 Å². The Balaban J connectivity index is 1.46. The molecule has 7 nitrogen and oxygen atoms in total. The summed E-state index contributed by atoms with van der Waals surface area (Å²) in [6, 6.07) is 19.5. The van der Waals surface area contributed by atoms with Crippen LogP contribution < -0.4 is 16.8 Å². The third kappa shape index (κ3) is 5.13. The Hall–Kier alpha value is -4.15. The molecule has 5 aromatic rings. The van der Waals surface area contributed by atoms with E-state index >= 15 is 0 Å². The number of nitrogens with two attached hydrogens (primary N) is 2. The molecule has 0 aliphatic carbocycles. The monoisotopic (exact) mass is 521 g/mol. The summed E-state index contributed by atoms with van der Waals surface area (Å²) in [4.78, 5) is 12.4. The average Bonchev–Trinajstić information content (AvgIpc) is 3.51. The molecule has 1 atom stereocenters. The second kappa shape index (κ2) is 10.3. The van der Waals surface area contributed by atoms with Crippen LogP contribution in [0, 0.1) is 0 Å². The van der Waals surface area contributed by atoms with Crippen molar-refractivity contribution in [1.82, 2.24) is 9.78 Å². The second-order valence-electron chi connectivity index (χ2n) is 9.06. The van der Waals surface area contributed by atoms with Crippen LogP contribution in [0.5, 0.6) is 0 Å². The minimum Gasteiger partial charge on any atom is -0.456 e. The molecule has 196 valence electrons. The molecule has 5 rings (SSSR count). The third-order valence-corrected chi connectivity index (χ3v) is 6.36. The number of nitrogens with zero attached hydrogens (tertiary/aromatic N) is 2. The number of carbonyl (C=O) groups is 1. The molecule has 0 bridgehead atoms. The number of benzene rings is 3. The number of aromatic nitrogens is 2. The van der Waals surface area contributed by atoms with E-state index in [1.54, 1.807) is 36.4 Å². The summed E-state index contributed by atoms with van der Waals surface area (Å²) in [5.74, 6) is -0.340. The smallest absolute Gasteiger partial charge is 0.435 e. The van der Waals surface area contributed by atoms with Gasteiger partial charge in [0.05, 0.1) is 17.4 Å². The molecule has 0 saturated carbocycles. The molecule has 3 aromatic carbocycles. The molecule has 10 heteroatoms. The van der Waals surface area contributed by atoms with Crippen LogP contribution in [-0.2, 0) is 11.0 Å². The summed E-state index contributed by atoms with van der Waals surface area (Å²) in [6.07, 6.45) is -2.59. The van der Waals surface area contributed by atoms with Crippen LogP contribution in [0.25, 0.3) is 38.9 Å². The van der Waals surface area contributed by atoms with Gasteiger partial charge in [-0.15, -0.1) is 0 Å². The molecule has 0 aliphatic heterocycles. The van der Waals surface area contributed by atoms with Gasteiger partial charge in [0.25, 0.3) is 0 Å². The lowest BCUT2D eigenvalue weighted by molar-refractivity contribution is -0.141. The van der Waals surface area contributed by atoms with Crippen molar-refractivity contribution in [3.63, 3.8) is 0 Å². The Morgan fingerprint density at radius 1 is 0.974 bits per heavy atom. The number of anilines is 1. The zero-order valence-electron chi connectivity index (χ0n) is 20.3. The first-order valence-electron chi connectivity index (χ1n) is 12.2. The topological polar surface area (TPSA) is 112 Å². The SMILES string of the molecule is NCCCC[C@H](N)C(=O)Nc1ccc(-n2nc(C(F)(F)F)cc2-c2ccc3c(c2)oc2ccccc23)cc1. The molecule has 0 unspecified atom stereocenters. The minimum atomic E-state index is -4.63. The van der Waals surface area contributed by atoms with Crippen LogP contribution in [0.3, 0.4) is 0 Å². The number of para-hydroxylation sites is 1. The summed E-state index contributed by atoms with van der Waals surface area (Å²) >= 11 is 0. The van der Waals surface area contributed by atoms with E-state index in [1.807, 2.05) is 30.3 Å². The number of fused-ring (bicyclic) bond motifs is 3. The third-order valence-electron chi connectivity index (χ3n) is 6.36. The number of unbranched alkanes of at least 4 members (excludes halogenated alkanes) is 1. The van der Waals surface area contributed by atoms with Crippen molar-refractivity contribution in [2.45, 2.75) is 31.5 Å². The first-order chi connectivity index (χ1) is 18.2. The van der Waals surface area contributed by atoms with Crippen LogP contribution >= 0.6 is 0 Å². The normalized spacial score (nSPS) is 12.8. The van der Waals surface area contributed by atoms with Gasteiger partial charge < -0.3 is 21.2 Å². The molecule has 38 heavy (non-hydrogen) atoms. The number of amides is 1. The maximum atomic E-state index is 13.6. The fourth-order valence-electron chi connectivity index (χ4n) is 4.37. The number of hydrogen-bond acceptors (Lipinski definition) is 5. The number of halogens is 3. The van der Waals surface area contributed by atoms with E-state index in [0.29, 0.717) is 41.1 Å². The molecule has 0 saturated heterocycles. The molecule has 0 radical (unpaired) electrons. The van der Waals surface area contributed by atoms with E-state index in [-0.39, 0.29) is 11.6 Å². The van der Waals surface area contributed by atoms with Crippen LogP contribution in [0.15, 0.2) is 77.2 Å². The number of nitrogens with one attached hydrogen (secondary N) is 1. The quantitative estimate of drug-likeness (QED) is 0.222. The molecule has 2 aromatic heterocycles. The lowest BCUT2D eigenvalue weighted by Crippen LogP contribution is -2.35. The number of hydrogen-bond donors (Lipinski definition) is 3. The van der Waals surface area contributed by atoms with E-state index in [9.17, 15) is 18.0 Å². The van der Waals surface area contributed by atoms with Gasteiger partial charge in [0.2, 0.25) is 5.91 Å². The van der Waals surface area contributed by atoms with Crippen molar-refractivity contribution >= 4 is 33.5 Å². The Morgan fingerprint density at radius 2 is 1.71 bits per heavy atom. The first kappa shape index (κ1) is 25.5. The molecule has 1 amide bonds. The van der Waals surface area contributed by atoms with Crippen molar-refractivity contribution in [3.05, 3.63) is 78.5 Å². The highest BCUT2D eigenvalue weighted by Gasteiger charge is 2.35. The zero-order valence-corrected chi connectivity index (χ0v) is 20.3. The number of rotatable bonds is 8. The summed E-state index contributed by atoms with van der Waals surface area (Å²) in [7, 11) is 0. The Morgan fingerprint density at radius 3 is 2.45 bits per heavy atom. The number of carbonyl (C=O) groups excluding carboxylic acids is 1. The van der Waals surface area contributed by atoms with Crippen LogP contribution in [0.4, 0.5) is 18.9 Å². The molecule has 5 N–H and O–H groups in total. The van der Waals surface area contributed by atoms with Gasteiger partial charge >= 0.3 is 6.18 Å². The van der Waals surface area contributed by atoms with Crippen LogP contribution in [0.2, 0.25) is 0 Å². The molecule has 0 spiro atoms. The molecular weight excluding hydrogens is 495 g/mol. The summed E-state index contributed by atoms with van der Waals surface area (Å²) < 4.78 is 48.1. The lowest BCUT2D eigenvalue weighted by atomic mass is 10.1. The Labute approximate surface area is 216 Å². The van der Waals surface area contributed by atoms with Crippen LogP contribution in [-0.4, -0.2) is 28.3 Å². The number of alkyl halides is 3. The van der Waals surface area contributed by atoms with Crippen molar-refractivity contribution in [3.8, 4) is 16.9 Å². The highest BCUT2D eigenvalue weighted by molar-refractivity contribution is 6.05. The van der Waals surface area contributed by atoms with E-state index < -0.39 is 17.9 Å². The summed E-state index contributed by atoms with van der Waals surface area (Å²) in [5.41, 5.74) is 13.3. The van der Waals surface area contributed by atoms with Gasteiger partial charge in [0, 0.05) is 22.0 Å². The van der Waals surface area contributed by atoms with E-state index in [4.69, 9.17) is 15.9 Å². The fourth-order valence-corrected chi connectivity index (χ4v) is 4.37. The lowest BCUT2D eigenvalue weighted by Gasteiger charge is -2.13. The molecular formula is C28H26F3N5O2. The highest BCUT2D eigenvalue weighted by atomic mass is 19.4. The van der Waals surface area contributed by atoms with Crippen molar-refractivity contribution in [1.29, 1.82) is 0 Å². The fraction of sp³-hybridized carbons (Fsp3) is 0.214. The van der Waals surface area contributed by atoms with E-state index in [2.05, 4.69) is 10.4 Å². The van der Waals surface area contributed by atoms with Gasteiger partial charge in [-0.05, 0) is 67.9 Å². The van der Waals surface area contributed by atoms with Crippen molar-refractivity contribution in [2.75, 3.05) is 11.9 Å². The van der Waals surface area contributed by atoms with Gasteiger partial charge in [-0.3, -0.25) is 4.79 Å².